The summed E-state index contributed by atoms with van der Waals surface area (Å²) in [7, 11) is 0. The first-order valence-corrected chi connectivity index (χ1v) is 6.03. The zero-order valence-corrected chi connectivity index (χ0v) is 10.7. The zero-order chi connectivity index (χ0) is 11.5. The normalized spacial score (nSPS) is 16.2. The molecule has 1 aliphatic rings. The predicted molar refractivity (Wildman–Crippen MR) is 68.8 cm³/mol. The molecule has 1 aromatic carbocycles. The lowest BCUT2D eigenvalue weighted by Crippen LogP contribution is -2.36. The molecule has 1 heterocycles. The maximum Gasteiger partial charge on any atom is 0.284 e. The molecule has 1 fully saturated rings. The molecule has 0 radical (unpaired) electrons. The summed E-state index contributed by atoms with van der Waals surface area (Å²) in [6, 6.07) is 5.33. The third-order valence-electron chi connectivity index (χ3n) is 2.50. The molecule has 0 bridgehead atoms. The third kappa shape index (κ3) is 2.43. The van der Waals surface area contributed by atoms with Crippen molar-refractivity contribution in [2.75, 3.05) is 31.2 Å². The van der Waals surface area contributed by atoms with Crippen LogP contribution in [0.4, 0.5) is 11.4 Å². The fraction of sp³-hybridized carbons (Fsp3) is 0.400. The topological polar surface area (TPSA) is 55.6 Å². The molecule has 0 atom stereocenters. The van der Waals surface area contributed by atoms with Gasteiger partial charge in [-0.2, -0.15) is 0 Å². The molecule has 0 saturated carbocycles. The number of hydrogen-bond acceptors (Lipinski definition) is 4. The van der Waals surface area contributed by atoms with Gasteiger partial charge in [0.05, 0.1) is 21.7 Å². The predicted octanol–water partition coefficient (Wildman–Crippen LogP) is 2.04. The van der Waals surface area contributed by atoms with Crippen molar-refractivity contribution in [3.63, 3.8) is 0 Å². The second kappa shape index (κ2) is 4.96. The smallest absolute Gasteiger partial charge is 0.284 e. The second-order valence-electron chi connectivity index (χ2n) is 3.49. The summed E-state index contributed by atoms with van der Waals surface area (Å²) in [6.07, 6.45) is 0. The molecule has 0 amide bonds. The summed E-state index contributed by atoms with van der Waals surface area (Å²) in [6.45, 7) is 2.94. The molecule has 1 aromatic rings. The summed E-state index contributed by atoms with van der Waals surface area (Å²) in [5, 5.41) is 10.8. The molecule has 1 aliphatic heterocycles. The quantitative estimate of drug-likeness (QED) is 0.472. The van der Waals surface area contributed by atoms with E-state index in [2.05, 4.69) is 4.90 Å². The number of benzene rings is 1. The van der Waals surface area contributed by atoms with Gasteiger partial charge in [-0.05, 0) is 34.7 Å². The highest BCUT2D eigenvalue weighted by atomic mass is 127. The van der Waals surface area contributed by atoms with E-state index in [1.54, 1.807) is 12.1 Å². The van der Waals surface area contributed by atoms with Crippen LogP contribution in [-0.2, 0) is 4.74 Å². The Hall–Kier alpha value is -0.890. The summed E-state index contributed by atoms with van der Waals surface area (Å²) < 4.78 is 5.91. The number of nitrogens with zero attached hydrogens (tertiary/aromatic N) is 2. The number of hydrogen-bond donors (Lipinski definition) is 0. The van der Waals surface area contributed by atoms with E-state index in [0.717, 1.165) is 18.8 Å². The molecule has 1 saturated heterocycles. The van der Waals surface area contributed by atoms with E-state index in [1.165, 1.54) is 0 Å². The van der Waals surface area contributed by atoms with Gasteiger partial charge >= 0.3 is 0 Å². The Morgan fingerprint density at radius 2 is 2.06 bits per heavy atom. The highest BCUT2D eigenvalue weighted by Gasteiger charge is 2.17. The van der Waals surface area contributed by atoms with E-state index in [-0.39, 0.29) is 10.6 Å². The molecule has 2 rings (SSSR count). The van der Waals surface area contributed by atoms with E-state index < -0.39 is 0 Å². The van der Waals surface area contributed by atoms with Gasteiger partial charge in [-0.3, -0.25) is 10.1 Å². The van der Waals surface area contributed by atoms with Gasteiger partial charge < -0.3 is 9.64 Å². The maximum absolute atomic E-state index is 10.8. The number of anilines is 1. The van der Waals surface area contributed by atoms with Crippen molar-refractivity contribution in [2.24, 2.45) is 0 Å². The van der Waals surface area contributed by atoms with Crippen molar-refractivity contribution >= 4 is 34.0 Å². The van der Waals surface area contributed by atoms with Crippen LogP contribution in [0.25, 0.3) is 0 Å². The van der Waals surface area contributed by atoms with Gasteiger partial charge in [-0.25, -0.2) is 0 Å². The number of nitro groups is 1. The van der Waals surface area contributed by atoms with Crippen LogP contribution >= 0.6 is 22.6 Å². The molecule has 5 nitrogen and oxygen atoms in total. The lowest BCUT2D eigenvalue weighted by atomic mass is 10.2. The van der Waals surface area contributed by atoms with Crippen molar-refractivity contribution in [3.05, 3.63) is 31.9 Å². The SMILES string of the molecule is O=[N+]([O-])c1cc(N2CCOCC2)ccc1I. The highest BCUT2D eigenvalue weighted by Crippen LogP contribution is 2.27. The standard InChI is InChI=1S/C10H11IN2O3/c11-9-2-1-8(7-10(9)13(14)15)12-3-5-16-6-4-12/h1-2,7H,3-6H2. The lowest BCUT2D eigenvalue weighted by molar-refractivity contribution is -0.385. The van der Waals surface area contributed by atoms with Crippen LogP contribution < -0.4 is 4.90 Å². The third-order valence-corrected chi connectivity index (χ3v) is 3.41. The van der Waals surface area contributed by atoms with E-state index in [1.807, 2.05) is 28.7 Å². The van der Waals surface area contributed by atoms with Gasteiger partial charge in [0.25, 0.3) is 5.69 Å². The van der Waals surface area contributed by atoms with Crippen molar-refractivity contribution in [1.82, 2.24) is 0 Å². The van der Waals surface area contributed by atoms with Crippen molar-refractivity contribution in [1.29, 1.82) is 0 Å². The van der Waals surface area contributed by atoms with Crippen LogP contribution in [0.15, 0.2) is 18.2 Å². The molecule has 6 heteroatoms. The first-order valence-electron chi connectivity index (χ1n) is 4.95. The molecule has 0 unspecified atom stereocenters. The fourth-order valence-corrected chi connectivity index (χ4v) is 2.19. The molecular formula is C10H11IN2O3. The number of rotatable bonds is 2. The van der Waals surface area contributed by atoms with Crippen LogP contribution in [0.3, 0.4) is 0 Å². The van der Waals surface area contributed by atoms with Crippen LogP contribution in [0, 0.1) is 13.7 Å². The molecule has 0 spiro atoms. The molecular weight excluding hydrogens is 323 g/mol. The minimum Gasteiger partial charge on any atom is -0.378 e. The Morgan fingerprint density at radius 1 is 1.38 bits per heavy atom. The van der Waals surface area contributed by atoms with Crippen molar-refractivity contribution < 1.29 is 9.66 Å². The molecule has 0 N–H and O–H groups in total. The Kier molecular flexibility index (Phi) is 3.59. The Labute approximate surface area is 107 Å². The minimum absolute atomic E-state index is 0.171. The van der Waals surface area contributed by atoms with Crippen LogP contribution in [-0.4, -0.2) is 31.2 Å². The summed E-state index contributed by atoms with van der Waals surface area (Å²) in [5.74, 6) is 0. The molecule has 86 valence electrons. The first kappa shape index (κ1) is 11.6. The number of nitro benzene ring substituents is 1. The first-order chi connectivity index (χ1) is 7.68. The molecule has 0 aromatic heterocycles. The molecule has 0 aliphatic carbocycles. The average Bonchev–Trinajstić information content (AvgIpc) is 2.30. The zero-order valence-electron chi connectivity index (χ0n) is 8.56. The van der Waals surface area contributed by atoms with E-state index in [0.29, 0.717) is 16.8 Å². The average molecular weight is 334 g/mol. The van der Waals surface area contributed by atoms with Crippen molar-refractivity contribution in [3.8, 4) is 0 Å². The van der Waals surface area contributed by atoms with E-state index in [4.69, 9.17) is 4.74 Å². The van der Waals surface area contributed by atoms with Crippen molar-refractivity contribution in [2.45, 2.75) is 0 Å². The number of halogens is 1. The van der Waals surface area contributed by atoms with Gasteiger partial charge in [0.2, 0.25) is 0 Å². The summed E-state index contributed by atoms with van der Waals surface area (Å²) in [5.41, 5.74) is 1.07. The van der Waals surface area contributed by atoms with E-state index >= 15 is 0 Å². The summed E-state index contributed by atoms with van der Waals surface area (Å²) >= 11 is 1.98. The number of ether oxygens (including phenoxy) is 1. The maximum atomic E-state index is 10.8. The van der Waals surface area contributed by atoms with Gasteiger partial charge in [0.15, 0.2) is 0 Å². The largest absolute Gasteiger partial charge is 0.378 e. The van der Waals surface area contributed by atoms with Gasteiger partial charge in [-0.1, -0.05) is 0 Å². The fourth-order valence-electron chi connectivity index (χ4n) is 1.66. The van der Waals surface area contributed by atoms with Crippen LogP contribution in [0.2, 0.25) is 0 Å². The molecule has 16 heavy (non-hydrogen) atoms. The Balaban J connectivity index is 2.27. The van der Waals surface area contributed by atoms with Gasteiger partial charge in [0.1, 0.15) is 0 Å². The summed E-state index contributed by atoms with van der Waals surface area (Å²) in [4.78, 5) is 12.6. The van der Waals surface area contributed by atoms with Crippen LogP contribution in [0.1, 0.15) is 0 Å². The second-order valence-corrected chi connectivity index (χ2v) is 4.65. The lowest BCUT2D eigenvalue weighted by Gasteiger charge is -2.28. The monoisotopic (exact) mass is 334 g/mol. The van der Waals surface area contributed by atoms with Gasteiger partial charge in [0, 0.05) is 24.8 Å². The Bertz CT molecular complexity index is 405. The highest BCUT2D eigenvalue weighted by molar-refractivity contribution is 14.1. The number of morpholine rings is 1. The minimum atomic E-state index is -0.342. The van der Waals surface area contributed by atoms with Gasteiger partial charge in [-0.15, -0.1) is 0 Å². The van der Waals surface area contributed by atoms with E-state index in [9.17, 15) is 10.1 Å². The Morgan fingerprint density at radius 3 is 2.69 bits per heavy atom. The van der Waals surface area contributed by atoms with Crippen LogP contribution in [0.5, 0.6) is 0 Å².